The number of nitrogens with zero attached hydrogens (tertiary/aromatic N) is 2. The van der Waals surface area contributed by atoms with Crippen molar-refractivity contribution in [2.24, 2.45) is 22.2 Å². The lowest BCUT2D eigenvalue weighted by Gasteiger charge is -2.43. The van der Waals surface area contributed by atoms with Crippen LogP contribution in [-0.4, -0.2) is 21.9 Å². The summed E-state index contributed by atoms with van der Waals surface area (Å²) < 4.78 is 0. The van der Waals surface area contributed by atoms with Crippen molar-refractivity contribution >= 4 is 23.1 Å². The van der Waals surface area contributed by atoms with E-state index < -0.39 is 5.41 Å². The molecule has 0 spiro atoms. The van der Waals surface area contributed by atoms with Crippen LogP contribution in [0.25, 0.3) is 0 Å². The molecule has 0 unspecified atom stereocenters. The second-order valence-corrected chi connectivity index (χ2v) is 6.45. The molecular weight excluding hydrogens is 264 g/mol. The number of carbonyl (C=O) groups excluding carboxylic acids is 1. The number of hydrogen-bond donors (Lipinski definition) is 3. The highest BCUT2D eigenvalue weighted by Crippen LogP contribution is 2.45. The molecule has 0 atom stereocenters. The Morgan fingerprint density at radius 3 is 2.89 bits per heavy atom. The molecular formula is C12H18N4O2S. The van der Waals surface area contributed by atoms with Gasteiger partial charge in [0, 0.05) is 11.1 Å². The van der Waals surface area contributed by atoms with E-state index in [0.29, 0.717) is 25.3 Å². The number of oxime groups is 1. The standard InChI is InChI=1S/C12H18N4O2S/c1-7-3-12(4-7,10(13)16-18)11(17)15-6-9-14-5-8(2)19-9/h5,7,18H,3-4,6H2,1-2H3,(H2,13,16)(H,15,17). The van der Waals surface area contributed by atoms with Crippen molar-refractivity contribution in [1.82, 2.24) is 10.3 Å². The summed E-state index contributed by atoms with van der Waals surface area (Å²) in [5.74, 6) is 0.223. The van der Waals surface area contributed by atoms with Crippen molar-refractivity contribution in [2.75, 3.05) is 0 Å². The summed E-state index contributed by atoms with van der Waals surface area (Å²) in [6.07, 6.45) is 3.01. The molecule has 0 aromatic carbocycles. The molecule has 2 rings (SSSR count). The smallest absolute Gasteiger partial charge is 0.234 e. The summed E-state index contributed by atoms with van der Waals surface area (Å²) in [6.45, 7) is 4.39. The van der Waals surface area contributed by atoms with Crippen molar-refractivity contribution in [3.63, 3.8) is 0 Å². The first-order valence-electron chi connectivity index (χ1n) is 6.15. The third-order valence-electron chi connectivity index (χ3n) is 3.50. The molecule has 1 aromatic rings. The van der Waals surface area contributed by atoms with E-state index in [1.54, 1.807) is 17.5 Å². The summed E-state index contributed by atoms with van der Waals surface area (Å²) in [5.41, 5.74) is 4.83. The minimum atomic E-state index is -0.847. The van der Waals surface area contributed by atoms with E-state index in [9.17, 15) is 4.79 Å². The normalized spacial score (nSPS) is 26.8. The largest absolute Gasteiger partial charge is 0.409 e. The molecule has 0 radical (unpaired) electrons. The number of thiazole rings is 1. The van der Waals surface area contributed by atoms with Gasteiger partial charge in [0.2, 0.25) is 5.91 Å². The maximum absolute atomic E-state index is 12.3. The number of carbonyl (C=O) groups is 1. The fourth-order valence-corrected chi connectivity index (χ4v) is 3.27. The molecule has 0 aliphatic heterocycles. The molecule has 19 heavy (non-hydrogen) atoms. The van der Waals surface area contributed by atoms with Gasteiger partial charge in [-0.3, -0.25) is 4.79 Å². The first-order chi connectivity index (χ1) is 8.98. The van der Waals surface area contributed by atoms with Gasteiger partial charge in [-0.05, 0) is 25.7 Å². The number of nitrogens with one attached hydrogen (secondary N) is 1. The van der Waals surface area contributed by atoms with Crippen LogP contribution in [-0.2, 0) is 11.3 Å². The van der Waals surface area contributed by atoms with Crippen molar-refractivity contribution in [3.05, 3.63) is 16.1 Å². The molecule has 1 saturated carbocycles. The quantitative estimate of drug-likeness (QED) is 0.334. The molecule has 0 saturated heterocycles. The third kappa shape index (κ3) is 2.56. The van der Waals surface area contributed by atoms with Crippen LogP contribution in [0.15, 0.2) is 11.4 Å². The van der Waals surface area contributed by atoms with Crippen LogP contribution in [0.3, 0.4) is 0 Å². The first kappa shape index (κ1) is 13.8. The Morgan fingerprint density at radius 1 is 1.74 bits per heavy atom. The SMILES string of the molecule is Cc1cnc(CNC(=O)C2(/C(N)=N/O)CC(C)C2)s1. The van der Waals surface area contributed by atoms with Gasteiger partial charge in [-0.2, -0.15) is 0 Å². The molecule has 1 aromatic heterocycles. The van der Waals surface area contributed by atoms with E-state index in [1.807, 2.05) is 13.8 Å². The molecule has 4 N–H and O–H groups in total. The highest BCUT2D eigenvalue weighted by molar-refractivity contribution is 7.11. The second kappa shape index (κ2) is 5.16. The monoisotopic (exact) mass is 282 g/mol. The highest BCUT2D eigenvalue weighted by Gasteiger charge is 2.52. The molecule has 7 heteroatoms. The van der Waals surface area contributed by atoms with Gasteiger partial charge in [-0.15, -0.1) is 11.3 Å². The van der Waals surface area contributed by atoms with Gasteiger partial charge in [0.25, 0.3) is 0 Å². The zero-order valence-electron chi connectivity index (χ0n) is 11.0. The predicted octanol–water partition coefficient (Wildman–Crippen LogP) is 1.23. The minimum absolute atomic E-state index is 0.00146. The average Bonchev–Trinajstić information content (AvgIpc) is 2.76. The molecule has 0 bridgehead atoms. The maximum Gasteiger partial charge on any atom is 0.234 e. The van der Waals surface area contributed by atoms with Crippen LogP contribution < -0.4 is 11.1 Å². The average molecular weight is 282 g/mol. The zero-order chi connectivity index (χ0) is 14.0. The van der Waals surface area contributed by atoms with Gasteiger partial charge in [0.15, 0.2) is 5.84 Å². The Balaban J connectivity index is 2.01. The van der Waals surface area contributed by atoms with Crippen LogP contribution in [0, 0.1) is 18.3 Å². The lowest BCUT2D eigenvalue weighted by molar-refractivity contribution is -0.133. The van der Waals surface area contributed by atoms with Crippen molar-refractivity contribution < 1.29 is 10.0 Å². The molecule has 6 nitrogen and oxygen atoms in total. The van der Waals surface area contributed by atoms with Crippen LogP contribution in [0.1, 0.15) is 29.7 Å². The summed E-state index contributed by atoms with van der Waals surface area (Å²) in [5, 5.41) is 15.5. The number of aryl methyl sites for hydroxylation is 1. The molecule has 1 aliphatic rings. The Hall–Kier alpha value is -1.63. The van der Waals surface area contributed by atoms with E-state index >= 15 is 0 Å². The Kier molecular flexibility index (Phi) is 3.75. The first-order valence-corrected chi connectivity index (χ1v) is 6.97. The summed E-state index contributed by atoms with van der Waals surface area (Å²) >= 11 is 1.54. The van der Waals surface area contributed by atoms with Crippen molar-refractivity contribution in [3.8, 4) is 0 Å². The summed E-state index contributed by atoms with van der Waals surface area (Å²) in [7, 11) is 0. The van der Waals surface area contributed by atoms with E-state index in [-0.39, 0.29) is 11.7 Å². The number of nitrogens with two attached hydrogens (primary N) is 1. The molecule has 1 heterocycles. The van der Waals surface area contributed by atoms with Crippen LogP contribution >= 0.6 is 11.3 Å². The number of hydrogen-bond acceptors (Lipinski definition) is 5. The van der Waals surface area contributed by atoms with Crippen LogP contribution in [0.5, 0.6) is 0 Å². The zero-order valence-corrected chi connectivity index (χ0v) is 11.8. The lowest BCUT2D eigenvalue weighted by atomic mass is 9.61. The number of amidine groups is 1. The third-order valence-corrected chi connectivity index (χ3v) is 4.41. The van der Waals surface area contributed by atoms with Crippen LogP contribution in [0.2, 0.25) is 0 Å². The van der Waals surface area contributed by atoms with E-state index in [4.69, 9.17) is 10.9 Å². The number of amides is 1. The van der Waals surface area contributed by atoms with E-state index in [2.05, 4.69) is 15.5 Å². The number of rotatable bonds is 4. The van der Waals surface area contributed by atoms with Gasteiger partial charge < -0.3 is 16.3 Å². The molecule has 1 aliphatic carbocycles. The maximum atomic E-state index is 12.3. The van der Waals surface area contributed by atoms with Gasteiger partial charge >= 0.3 is 0 Å². The summed E-state index contributed by atoms with van der Waals surface area (Å²) in [6, 6.07) is 0. The van der Waals surface area contributed by atoms with Gasteiger partial charge in [-0.1, -0.05) is 12.1 Å². The lowest BCUT2D eigenvalue weighted by Crippen LogP contribution is -2.56. The topological polar surface area (TPSA) is 101 Å². The minimum Gasteiger partial charge on any atom is -0.409 e. The van der Waals surface area contributed by atoms with Gasteiger partial charge in [0.05, 0.1) is 6.54 Å². The van der Waals surface area contributed by atoms with E-state index in [1.165, 1.54) is 0 Å². The number of aromatic nitrogens is 1. The second-order valence-electron chi connectivity index (χ2n) is 5.13. The van der Waals surface area contributed by atoms with E-state index in [0.717, 1.165) is 9.88 Å². The Labute approximate surface area is 115 Å². The Bertz CT molecular complexity index is 506. The summed E-state index contributed by atoms with van der Waals surface area (Å²) in [4.78, 5) is 17.6. The van der Waals surface area contributed by atoms with Crippen molar-refractivity contribution in [2.45, 2.75) is 33.2 Å². The van der Waals surface area contributed by atoms with Gasteiger partial charge in [0.1, 0.15) is 10.4 Å². The molecule has 104 valence electrons. The predicted molar refractivity (Wildman–Crippen MR) is 72.9 cm³/mol. The molecule has 1 fully saturated rings. The molecule has 1 amide bonds. The fraction of sp³-hybridized carbons (Fsp3) is 0.583. The van der Waals surface area contributed by atoms with Crippen LogP contribution in [0.4, 0.5) is 0 Å². The van der Waals surface area contributed by atoms with Crippen molar-refractivity contribution in [1.29, 1.82) is 0 Å². The Morgan fingerprint density at radius 2 is 2.42 bits per heavy atom. The van der Waals surface area contributed by atoms with Gasteiger partial charge in [-0.25, -0.2) is 4.98 Å². The fourth-order valence-electron chi connectivity index (χ4n) is 2.54. The highest BCUT2D eigenvalue weighted by atomic mass is 32.1.